The van der Waals surface area contributed by atoms with E-state index in [9.17, 15) is 9.59 Å². The molecule has 1 amide bonds. The van der Waals surface area contributed by atoms with E-state index < -0.39 is 0 Å². The van der Waals surface area contributed by atoms with E-state index in [0.717, 1.165) is 37.9 Å². The standard InChI is InChI=1S/C16H24N2O3/c1-11(2)14(19)6-4-3-5-9-17-16(20)13-10-15(21-18-13)12-7-8-12/h10-12H,3-9H2,1-2H3,(H,17,20). The fourth-order valence-corrected chi connectivity index (χ4v) is 2.14. The van der Waals surface area contributed by atoms with Gasteiger partial charge in [-0.05, 0) is 25.7 Å². The van der Waals surface area contributed by atoms with Gasteiger partial charge in [0.05, 0.1) is 0 Å². The van der Waals surface area contributed by atoms with Crippen molar-refractivity contribution in [3.63, 3.8) is 0 Å². The van der Waals surface area contributed by atoms with Gasteiger partial charge >= 0.3 is 0 Å². The van der Waals surface area contributed by atoms with Crippen molar-refractivity contribution in [3.05, 3.63) is 17.5 Å². The third-order valence-corrected chi connectivity index (χ3v) is 3.77. The lowest BCUT2D eigenvalue weighted by atomic mass is 10.0. The molecule has 0 radical (unpaired) electrons. The predicted molar refractivity (Wildman–Crippen MR) is 79.1 cm³/mol. The Balaban J connectivity index is 1.57. The van der Waals surface area contributed by atoms with Crippen molar-refractivity contribution in [2.24, 2.45) is 5.92 Å². The van der Waals surface area contributed by atoms with Crippen LogP contribution in [0.5, 0.6) is 0 Å². The fraction of sp³-hybridized carbons (Fsp3) is 0.688. The van der Waals surface area contributed by atoms with Crippen molar-refractivity contribution >= 4 is 11.7 Å². The largest absolute Gasteiger partial charge is 0.360 e. The second-order valence-electron chi connectivity index (χ2n) is 6.08. The van der Waals surface area contributed by atoms with Gasteiger partial charge in [-0.3, -0.25) is 9.59 Å². The number of hydrogen-bond acceptors (Lipinski definition) is 4. The van der Waals surface area contributed by atoms with Crippen LogP contribution in [0, 0.1) is 5.92 Å². The molecule has 0 saturated heterocycles. The summed E-state index contributed by atoms with van der Waals surface area (Å²) in [5.41, 5.74) is 0.367. The van der Waals surface area contributed by atoms with Crippen LogP contribution in [0.25, 0.3) is 0 Å². The van der Waals surface area contributed by atoms with Crippen molar-refractivity contribution in [1.29, 1.82) is 0 Å². The van der Waals surface area contributed by atoms with Gasteiger partial charge in [-0.2, -0.15) is 0 Å². The number of rotatable bonds is 9. The molecule has 1 aliphatic rings. The number of nitrogens with one attached hydrogen (secondary N) is 1. The molecule has 1 aliphatic carbocycles. The van der Waals surface area contributed by atoms with E-state index in [1.165, 1.54) is 0 Å². The maximum Gasteiger partial charge on any atom is 0.273 e. The number of hydrogen-bond donors (Lipinski definition) is 1. The van der Waals surface area contributed by atoms with Gasteiger partial charge in [-0.25, -0.2) is 0 Å². The SMILES string of the molecule is CC(C)C(=O)CCCCCNC(=O)c1cc(C2CC2)on1. The van der Waals surface area contributed by atoms with Gasteiger partial charge < -0.3 is 9.84 Å². The Morgan fingerprint density at radius 2 is 2.10 bits per heavy atom. The molecular formula is C16H24N2O3. The Morgan fingerprint density at radius 3 is 2.76 bits per heavy atom. The van der Waals surface area contributed by atoms with Crippen LogP contribution >= 0.6 is 0 Å². The normalized spacial score (nSPS) is 14.4. The summed E-state index contributed by atoms with van der Waals surface area (Å²) in [7, 11) is 0. The van der Waals surface area contributed by atoms with Crippen LogP contribution in [-0.4, -0.2) is 23.4 Å². The molecule has 0 spiro atoms. The molecule has 1 fully saturated rings. The molecule has 0 bridgehead atoms. The number of carbonyl (C=O) groups is 2. The molecule has 5 heteroatoms. The number of Topliss-reactive ketones (excluding diaryl/α,β-unsaturated/α-hetero) is 1. The second-order valence-corrected chi connectivity index (χ2v) is 6.08. The van der Waals surface area contributed by atoms with Crippen molar-refractivity contribution < 1.29 is 14.1 Å². The Labute approximate surface area is 125 Å². The van der Waals surface area contributed by atoms with Gasteiger partial charge in [0.25, 0.3) is 5.91 Å². The number of aromatic nitrogens is 1. The van der Waals surface area contributed by atoms with Crippen molar-refractivity contribution in [1.82, 2.24) is 10.5 Å². The van der Waals surface area contributed by atoms with E-state index in [0.29, 0.717) is 30.4 Å². The van der Waals surface area contributed by atoms with E-state index in [-0.39, 0.29) is 11.8 Å². The molecule has 1 saturated carbocycles. The number of unbranched alkanes of at least 4 members (excludes halogenated alkanes) is 2. The Hall–Kier alpha value is -1.65. The number of amides is 1. The highest BCUT2D eigenvalue weighted by Crippen LogP contribution is 2.40. The molecule has 0 aromatic carbocycles. The Bertz CT molecular complexity index is 489. The van der Waals surface area contributed by atoms with Crippen LogP contribution in [0.2, 0.25) is 0 Å². The quantitative estimate of drug-likeness (QED) is 0.710. The van der Waals surface area contributed by atoms with E-state index in [1.807, 2.05) is 13.8 Å². The third-order valence-electron chi connectivity index (χ3n) is 3.77. The highest BCUT2D eigenvalue weighted by atomic mass is 16.5. The smallest absolute Gasteiger partial charge is 0.273 e. The Kier molecular flexibility index (Phi) is 5.53. The molecule has 0 aliphatic heterocycles. The Morgan fingerprint density at radius 1 is 1.33 bits per heavy atom. The molecule has 21 heavy (non-hydrogen) atoms. The highest BCUT2D eigenvalue weighted by molar-refractivity contribution is 5.92. The summed E-state index contributed by atoms with van der Waals surface area (Å²) in [6.45, 7) is 4.47. The zero-order valence-corrected chi connectivity index (χ0v) is 12.9. The van der Waals surface area contributed by atoms with Gasteiger partial charge in [0.15, 0.2) is 5.69 Å². The highest BCUT2D eigenvalue weighted by Gasteiger charge is 2.28. The van der Waals surface area contributed by atoms with Gasteiger partial charge in [0.1, 0.15) is 11.5 Å². The summed E-state index contributed by atoms with van der Waals surface area (Å²) in [6.07, 6.45) is 5.62. The van der Waals surface area contributed by atoms with Gasteiger partial charge in [0.2, 0.25) is 0 Å². The van der Waals surface area contributed by atoms with E-state index in [1.54, 1.807) is 6.07 Å². The third kappa shape index (κ3) is 4.99. The van der Waals surface area contributed by atoms with Gasteiger partial charge in [-0.15, -0.1) is 0 Å². The lowest BCUT2D eigenvalue weighted by Crippen LogP contribution is -2.24. The molecule has 1 heterocycles. The summed E-state index contributed by atoms with van der Waals surface area (Å²) < 4.78 is 5.15. The molecule has 0 unspecified atom stereocenters. The molecular weight excluding hydrogens is 268 g/mol. The van der Waals surface area contributed by atoms with Crippen molar-refractivity contribution in [2.75, 3.05) is 6.54 Å². The van der Waals surface area contributed by atoms with Gasteiger partial charge in [0, 0.05) is 30.9 Å². The lowest BCUT2D eigenvalue weighted by molar-refractivity contribution is -0.122. The molecule has 0 atom stereocenters. The number of ketones is 1. The molecule has 116 valence electrons. The monoisotopic (exact) mass is 292 g/mol. The summed E-state index contributed by atoms with van der Waals surface area (Å²) in [6, 6.07) is 1.74. The molecule has 1 aromatic heterocycles. The average molecular weight is 292 g/mol. The first-order valence-corrected chi connectivity index (χ1v) is 7.85. The number of nitrogens with zero attached hydrogens (tertiary/aromatic N) is 1. The summed E-state index contributed by atoms with van der Waals surface area (Å²) >= 11 is 0. The number of carbonyl (C=O) groups excluding carboxylic acids is 2. The van der Waals surface area contributed by atoms with E-state index in [4.69, 9.17) is 4.52 Å². The molecule has 1 N–H and O–H groups in total. The van der Waals surface area contributed by atoms with E-state index in [2.05, 4.69) is 10.5 Å². The molecule has 5 nitrogen and oxygen atoms in total. The first kappa shape index (κ1) is 15.7. The summed E-state index contributed by atoms with van der Waals surface area (Å²) in [5.74, 6) is 1.56. The lowest BCUT2D eigenvalue weighted by Gasteiger charge is -2.04. The predicted octanol–water partition coefficient (Wildman–Crippen LogP) is 3.07. The van der Waals surface area contributed by atoms with Crippen LogP contribution in [0.4, 0.5) is 0 Å². The van der Waals surface area contributed by atoms with E-state index >= 15 is 0 Å². The minimum Gasteiger partial charge on any atom is -0.360 e. The average Bonchev–Trinajstić information content (AvgIpc) is 3.19. The maximum absolute atomic E-state index is 11.8. The zero-order valence-electron chi connectivity index (χ0n) is 12.9. The van der Waals surface area contributed by atoms with Crippen LogP contribution in [0.3, 0.4) is 0 Å². The summed E-state index contributed by atoms with van der Waals surface area (Å²) in [5, 5.41) is 6.64. The molecule has 2 rings (SSSR count). The maximum atomic E-state index is 11.8. The van der Waals surface area contributed by atoms with Crippen molar-refractivity contribution in [2.45, 2.75) is 58.3 Å². The fourth-order valence-electron chi connectivity index (χ4n) is 2.14. The first-order chi connectivity index (χ1) is 10.1. The minimum absolute atomic E-state index is 0.123. The molecule has 1 aromatic rings. The topological polar surface area (TPSA) is 72.2 Å². The van der Waals surface area contributed by atoms with Crippen molar-refractivity contribution in [3.8, 4) is 0 Å². The zero-order chi connectivity index (χ0) is 15.2. The van der Waals surface area contributed by atoms with Gasteiger partial charge in [-0.1, -0.05) is 25.4 Å². The van der Waals surface area contributed by atoms with Crippen LogP contribution in [-0.2, 0) is 4.79 Å². The second kappa shape index (κ2) is 7.38. The van der Waals surface area contributed by atoms with Crippen LogP contribution < -0.4 is 5.32 Å². The van der Waals surface area contributed by atoms with Crippen LogP contribution in [0.15, 0.2) is 10.6 Å². The van der Waals surface area contributed by atoms with Crippen LogP contribution in [0.1, 0.15) is 74.5 Å². The minimum atomic E-state index is -0.177. The first-order valence-electron chi connectivity index (χ1n) is 7.85. The summed E-state index contributed by atoms with van der Waals surface area (Å²) in [4.78, 5) is 23.3.